The van der Waals surface area contributed by atoms with Gasteiger partial charge in [-0.15, -0.1) is 0 Å². The molecule has 0 saturated carbocycles. The highest BCUT2D eigenvalue weighted by Gasteiger charge is 2.10. The Labute approximate surface area is 102 Å². The zero-order valence-electron chi connectivity index (χ0n) is 9.92. The van der Waals surface area contributed by atoms with Crippen molar-refractivity contribution in [3.8, 4) is 0 Å². The Morgan fingerprint density at radius 1 is 1.50 bits per heavy atom. The minimum atomic E-state index is -0.418. The zero-order chi connectivity index (χ0) is 12.6. The third-order valence-corrected chi connectivity index (χ3v) is 2.00. The summed E-state index contributed by atoms with van der Waals surface area (Å²) in [5.74, 6) is -0.418. The molecule has 0 radical (unpaired) electrons. The first-order chi connectivity index (χ1) is 7.65. The molecule has 0 aliphatic heterocycles. The minimum absolute atomic E-state index is 0.198. The SMILES string of the molecule is C=CCOC(=O)c1cc(C)ccc1Cl.CC. The second-order valence-corrected chi connectivity index (χ2v) is 3.28. The highest BCUT2D eigenvalue weighted by molar-refractivity contribution is 6.33. The Morgan fingerprint density at radius 3 is 2.69 bits per heavy atom. The number of carbonyl (C=O) groups is 1. The van der Waals surface area contributed by atoms with Crippen molar-refractivity contribution in [1.82, 2.24) is 0 Å². The van der Waals surface area contributed by atoms with Crippen molar-refractivity contribution in [2.75, 3.05) is 6.61 Å². The molecule has 0 aliphatic rings. The van der Waals surface area contributed by atoms with Crippen LogP contribution in [0, 0.1) is 6.92 Å². The van der Waals surface area contributed by atoms with Gasteiger partial charge in [0, 0.05) is 0 Å². The lowest BCUT2D eigenvalue weighted by Gasteiger charge is -2.04. The molecule has 0 N–H and O–H groups in total. The van der Waals surface area contributed by atoms with E-state index in [4.69, 9.17) is 16.3 Å². The highest BCUT2D eigenvalue weighted by atomic mass is 35.5. The molecule has 2 nitrogen and oxygen atoms in total. The predicted molar refractivity (Wildman–Crippen MR) is 68.0 cm³/mol. The van der Waals surface area contributed by atoms with Gasteiger partial charge in [0.1, 0.15) is 6.61 Å². The summed E-state index contributed by atoms with van der Waals surface area (Å²) < 4.78 is 4.87. The molecule has 1 rings (SSSR count). The summed E-state index contributed by atoms with van der Waals surface area (Å²) in [7, 11) is 0. The van der Waals surface area contributed by atoms with E-state index in [1.807, 2.05) is 26.8 Å². The van der Waals surface area contributed by atoms with Gasteiger partial charge in [-0.25, -0.2) is 4.79 Å². The summed E-state index contributed by atoms with van der Waals surface area (Å²) >= 11 is 5.84. The van der Waals surface area contributed by atoms with Gasteiger partial charge in [0.2, 0.25) is 0 Å². The second-order valence-electron chi connectivity index (χ2n) is 2.87. The topological polar surface area (TPSA) is 26.3 Å². The van der Waals surface area contributed by atoms with E-state index in [2.05, 4.69) is 6.58 Å². The quantitative estimate of drug-likeness (QED) is 0.589. The summed E-state index contributed by atoms with van der Waals surface area (Å²) in [6.07, 6.45) is 1.52. The average Bonchev–Trinajstić information content (AvgIpc) is 2.31. The van der Waals surface area contributed by atoms with Crippen molar-refractivity contribution in [3.63, 3.8) is 0 Å². The summed E-state index contributed by atoms with van der Waals surface area (Å²) in [5.41, 5.74) is 1.37. The van der Waals surface area contributed by atoms with Crippen molar-refractivity contribution < 1.29 is 9.53 Å². The maximum Gasteiger partial charge on any atom is 0.339 e. The molecule has 0 aromatic heterocycles. The average molecular weight is 241 g/mol. The molecule has 0 spiro atoms. The van der Waals surface area contributed by atoms with Crippen LogP contribution in [0.2, 0.25) is 5.02 Å². The van der Waals surface area contributed by atoms with E-state index in [1.165, 1.54) is 6.08 Å². The fourth-order valence-corrected chi connectivity index (χ4v) is 1.20. The summed E-state index contributed by atoms with van der Waals surface area (Å²) in [5, 5.41) is 0.407. The zero-order valence-corrected chi connectivity index (χ0v) is 10.7. The monoisotopic (exact) mass is 240 g/mol. The summed E-state index contributed by atoms with van der Waals surface area (Å²) in [4.78, 5) is 11.4. The van der Waals surface area contributed by atoms with E-state index in [0.29, 0.717) is 10.6 Å². The first-order valence-electron chi connectivity index (χ1n) is 5.19. The fraction of sp³-hybridized carbons (Fsp3) is 0.308. The Bertz CT molecular complexity index is 359. The Hall–Kier alpha value is -1.28. The molecule has 0 unspecified atom stereocenters. The number of hydrogen-bond acceptors (Lipinski definition) is 2. The molecule has 0 saturated heterocycles. The van der Waals surface area contributed by atoms with Gasteiger partial charge in [-0.2, -0.15) is 0 Å². The van der Waals surface area contributed by atoms with Crippen LogP contribution in [0.1, 0.15) is 29.8 Å². The number of benzene rings is 1. The molecule has 0 bridgehead atoms. The molecule has 1 aromatic rings. The van der Waals surface area contributed by atoms with Crippen LogP contribution in [0.4, 0.5) is 0 Å². The van der Waals surface area contributed by atoms with Gasteiger partial charge in [-0.3, -0.25) is 0 Å². The van der Waals surface area contributed by atoms with Crippen molar-refractivity contribution in [3.05, 3.63) is 47.0 Å². The maximum atomic E-state index is 11.4. The predicted octanol–water partition coefficient (Wildman–Crippen LogP) is 4.02. The minimum Gasteiger partial charge on any atom is -0.458 e. The van der Waals surface area contributed by atoms with Crippen LogP contribution >= 0.6 is 11.6 Å². The molecule has 16 heavy (non-hydrogen) atoms. The fourth-order valence-electron chi connectivity index (χ4n) is 1.01. The van der Waals surface area contributed by atoms with E-state index in [-0.39, 0.29) is 6.61 Å². The van der Waals surface area contributed by atoms with Gasteiger partial charge in [-0.05, 0) is 19.1 Å². The standard InChI is InChI=1S/C11H11ClO2.C2H6/c1-3-6-14-11(13)9-7-8(2)4-5-10(9)12;1-2/h3-5,7H,1,6H2,2H3;1-2H3. The number of halogens is 1. The van der Waals surface area contributed by atoms with Gasteiger partial charge in [0.15, 0.2) is 0 Å². The first-order valence-corrected chi connectivity index (χ1v) is 5.57. The first kappa shape index (κ1) is 14.7. The van der Waals surface area contributed by atoms with E-state index in [0.717, 1.165) is 5.56 Å². The van der Waals surface area contributed by atoms with Gasteiger partial charge < -0.3 is 4.74 Å². The van der Waals surface area contributed by atoms with E-state index >= 15 is 0 Å². The largest absolute Gasteiger partial charge is 0.458 e. The molecule has 0 atom stereocenters. The molecule has 88 valence electrons. The van der Waals surface area contributed by atoms with Crippen molar-refractivity contribution in [1.29, 1.82) is 0 Å². The molecule has 0 fully saturated rings. The van der Waals surface area contributed by atoms with Gasteiger partial charge in [0.05, 0.1) is 10.6 Å². The summed E-state index contributed by atoms with van der Waals surface area (Å²) in [6.45, 7) is 9.54. The highest BCUT2D eigenvalue weighted by Crippen LogP contribution is 2.18. The van der Waals surface area contributed by atoms with Crippen LogP contribution in [0.25, 0.3) is 0 Å². The molecule has 0 amide bonds. The molecule has 3 heteroatoms. The van der Waals surface area contributed by atoms with Crippen LogP contribution in [-0.4, -0.2) is 12.6 Å². The normalized spacial score (nSPS) is 8.75. The Balaban J connectivity index is 0.00000106. The van der Waals surface area contributed by atoms with Crippen molar-refractivity contribution in [2.45, 2.75) is 20.8 Å². The smallest absolute Gasteiger partial charge is 0.339 e. The van der Waals surface area contributed by atoms with Crippen LogP contribution in [0.5, 0.6) is 0 Å². The van der Waals surface area contributed by atoms with Crippen molar-refractivity contribution >= 4 is 17.6 Å². The second kappa shape index (κ2) is 7.94. The van der Waals surface area contributed by atoms with E-state index in [9.17, 15) is 4.79 Å². The third kappa shape index (κ3) is 4.49. The number of aryl methyl sites for hydroxylation is 1. The maximum absolute atomic E-state index is 11.4. The lowest BCUT2D eigenvalue weighted by atomic mass is 10.1. The number of hydrogen-bond donors (Lipinski definition) is 0. The Kier molecular flexibility index (Phi) is 7.31. The Morgan fingerprint density at radius 2 is 2.12 bits per heavy atom. The summed E-state index contributed by atoms with van der Waals surface area (Å²) in [6, 6.07) is 5.22. The van der Waals surface area contributed by atoms with Crippen molar-refractivity contribution in [2.24, 2.45) is 0 Å². The van der Waals surface area contributed by atoms with Crippen LogP contribution in [0.15, 0.2) is 30.9 Å². The number of rotatable bonds is 3. The number of carbonyl (C=O) groups excluding carboxylic acids is 1. The van der Waals surface area contributed by atoms with E-state index < -0.39 is 5.97 Å². The molecule has 1 aromatic carbocycles. The van der Waals surface area contributed by atoms with Gasteiger partial charge in [-0.1, -0.05) is 49.7 Å². The lowest BCUT2D eigenvalue weighted by molar-refractivity contribution is 0.0550. The van der Waals surface area contributed by atoms with Crippen LogP contribution in [0.3, 0.4) is 0 Å². The molecule has 0 aliphatic carbocycles. The van der Waals surface area contributed by atoms with Gasteiger partial charge >= 0.3 is 5.97 Å². The third-order valence-electron chi connectivity index (χ3n) is 1.67. The molecular formula is C13H17ClO2. The molecular weight excluding hydrogens is 224 g/mol. The number of esters is 1. The van der Waals surface area contributed by atoms with Crippen LogP contribution < -0.4 is 0 Å². The molecule has 0 heterocycles. The van der Waals surface area contributed by atoms with E-state index in [1.54, 1.807) is 12.1 Å². The van der Waals surface area contributed by atoms with Gasteiger partial charge in [0.25, 0.3) is 0 Å². The lowest BCUT2D eigenvalue weighted by Crippen LogP contribution is -2.05. The number of ether oxygens (including phenoxy) is 1. The van der Waals surface area contributed by atoms with Crippen LogP contribution in [-0.2, 0) is 4.74 Å².